The molecule has 0 amide bonds. The Bertz CT molecular complexity index is 13.5. The third-order valence-electron chi connectivity index (χ3n) is 0. The molecule has 6 heavy (non-hydrogen) atoms. The standard InChI is InChI=1S/BrH.2Ca.ClH.HI.Mg.6H/h1H;;;2*1H;;;;;;;. The van der Waals surface area contributed by atoms with Gasteiger partial charge in [-0.25, -0.2) is 0 Å². The van der Waals surface area contributed by atoms with Crippen molar-refractivity contribution in [3.63, 3.8) is 0 Å². The normalized spacial score (nSPS) is 0. The fourth-order valence-corrected chi connectivity index (χ4v) is 0. The van der Waals surface area contributed by atoms with Gasteiger partial charge in [0.25, 0.3) is 0 Å². The molecular formula is H9BrCa2ClIMg. The van der Waals surface area contributed by atoms with E-state index in [1.54, 1.807) is 0 Å². The molecule has 0 aliphatic carbocycles. The quantitative estimate of drug-likeness (QED) is 0.381. The van der Waals surface area contributed by atoms with E-state index in [4.69, 9.17) is 0 Å². The van der Waals surface area contributed by atoms with Crippen molar-refractivity contribution in [1.82, 2.24) is 0 Å². The van der Waals surface area contributed by atoms with Gasteiger partial charge in [-0.1, -0.05) is 0 Å². The molecule has 0 rings (SSSR count). The molecule has 0 atom stereocenters. The van der Waals surface area contributed by atoms with E-state index in [2.05, 4.69) is 0 Å². The zero-order valence-electron chi connectivity index (χ0n) is 1.22. The molecule has 0 nitrogen and oxygen atoms in total. The maximum Gasteiger partial charge on any atom is 0.316 e. The summed E-state index contributed by atoms with van der Waals surface area (Å²) in [5, 5.41) is 0. The fourth-order valence-electron chi connectivity index (χ4n) is 0. The number of rotatable bonds is 0. The van der Waals surface area contributed by atoms with E-state index in [0.717, 1.165) is 0 Å². The Labute approximate surface area is 148 Å². The molecule has 0 saturated carbocycles. The van der Waals surface area contributed by atoms with Crippen LogP contribution < -0.4 is 0 Å². The first-order chi connectivity index (χ1) is 0. The van der Waals surface area contributed by atoms with Gasteiger partial charge in [0.1, 0.15) is 0 Å². The second kappa shape index (κ2) is 33.0. The number of hydrogen-bond donors (Lipinski definition) is 0. The first-order valence-corrected chi connectivity index (χ1v) is 0. The van der Waals surface area contributed by atoms with E-state index in [1.165, 1.54) is 0 Å². The Kier molecular flexibility index (Phi) is 248. The Morgan fingerprint density at radius 1 is 0.833 bits per heavy atom. The monoisotopic (exact) mass is 354 g/mol. The molecule has 0 saturated heterocycles. The summed E-state index contributed by atoms with van der Waals surface area (Å²) in [4.78, 5) is 0. The van der Waals surface area contributed by atoms with Gasteiger partial charge in [-0.2, -0.15) is 0 Å². The summed E-state index contributed by atoms with van der Waals surface area (Å²) in [7, 11) is 0. The molecule has 0 aromatic rings. The van der Waals surface area contributed by atoms with E-state index >= 15 is 0 Å². The first-order valence-electron chi connectivity index (χ1n) is 0. The van der Waals surface area contributed by atoms with Gasteiger partial charge >= 0.3 is 98.5 Å². The minimum Gasteiger partial charge on any atom is 0.316 e. The maximum atomic E-state index is 0. The summed E-state index contributed by atoms with van der Waals surface area (Å²) < 4.78 is 0. The van der Waals surface area contributed by atoms with Crippen molar-refractivity contribution in [2.45, 2.75) is 0 Å². The molecule has 0 radical (unpaired) electrons. The second-order valence-electron chi connectivity index (χ2n) is 0. The van der Waals surface area contributed by atoms with Gasteiger partial charge in [0.15, 0.2) is 0 Å². The Balaban J connectivity index is 0. The molecule has 0 aliphatic rings. The van der Waals surface area contributed by atoms with Crippen LogP contribution in [0.25, 0.3) is 0 Å². The van der Waals surface area contributed by atoms with Gasteiger partial charge in [-0.05, 0) is 0 Å². The van der Waals surface area contributed by atoms with Gasteiger partial charge in [0.2, 0.25) is 0 Å². The largest absolute Gasteiger partial charge is 0.316 e. The third kappa shape index (κ3) is 23.3. The van der Waals surface area contributed by atoms with E-state index in [0.29, 0.717) is 0 Å². The molecule has 6 heteroatoms. The van der Waals surface area contributed by atoms with Crippen molar-refractivity contribution >= 4 is 152 Å². The van der Waals surface area contributed by atoms with Crippen LogP contribution in [0.4, 0.5) is 0 Å². The molecule has 0 bridgehead atoms. The van der Waals surface area contributed by atoms with E-state index < -0.39 is 0 Å². The van der Waals surface area contributed by atoms with Crippen LogP contribution in [-0.4, -0.2) is 98.5 Å². The smallest absolute Gasteiger partial charge is 0.316 e. The van der Waals surface area contributed by atoms with Crippen molar-refractivity contribution < 1.29 is 0 Å². The summed E-state index contributed by atoms with van der Waals surface area (Å²) in [5.41, 5.74) is 0. The van der Waals surface area contributed by atoms with Gasteiger partial charge in [-0.15, -0.1) is 53.4 Å². The number of hydrogen-bond acceptors (Lipinski definition) is 0. The summed E-state index contributed by atoms with van der Waals surface area (Å²) in [5.74, 6) is 0. The molecule has 0 N–H and O–H groups in total. The number of halogens is 3. The molecule has 0 heterocycles. The van der Waals surface area contributed by atoms with E-state index in [-0.39, 0.29) is 152 Å². The van der Waals surface area contributed by atoms with Crippen LogP contribution >= 0.6 is 53.4 Å². The van der Waals surface area contributed by atoms with Crippen molar-refractivity contribution in [2.75, 3.05) is 0 Å². The van der Waals surface area contributed by atoms with Crippen LogP contribution in [0, 0.1) is 0 Å². The van der Waals surface area contributed by atoms with Crippen molar-refractivity contribution in [1.29, 1.82) is 0 Å². The van der Waals surface area contributed by atoms with E-state index in [9.17, 15) is 0 Å². The molecular weight excluding hydrogens is 347 g/mol. The van der Waals surface area contributed by atoms with Gasteiger partial charge < -0.3 is 0 Å². The fraction of sp³-hybridized carbons (Fsp3) is 0. The van der Waals surface area contributed by atoms with Gasteiger partial charge in [-0.3, -0.25) is 0 Å². The summed E-state index contributed by atoms with van der Waals surface area (Å²) in [6, 6.07) is 0. The van der Waals surface area contributed by atoms with Crippen molar-refractivity contribution in [3.05, 3.63) is 0 Å². The molecule has 0 aromatic heterocycles. The summed E-state index contributed by atoms with van der Waals surface area (Å²) in [6.45, 7) is 0. The SMILES string of the molecule is Br.Cl.I.[CaH2].[CaH2].[MgH2]. The van der Waals surface area contributed by atoms with Crippen molar-refractivity contribution in [3.8, 4) is 0 Å². The summed E-state index contributed by atoms with van der Waals surface area (Å²) in [6.07, 6.45) is 0. The van der Waals surface area contributed by atoms with Crippen LogP contribution in [0.15, 0.2) is 0 Å². The van der Waals surface area contributed by atoms with Crippen LogP contribution in [0.2, 0.25) is 0 Å². The second-order valence-corrected chi connectivity index (χ2v) is 0. The topological polar surface area (TPSA) is 0 Å². The first kappa shape index (κ1) is 45.1. The predicted molar refractivity (Wildman–Crippen MR) is 58.6 cm³/mol. The minimum atomic E-state index is 0. The Morgan fingerprint density at radius 3 is 0.833 bits per heavy atom. The average molecular weight is 356 g/mol. The Hall–Kier alpha value is 4.79. The maximum absolute atomic E-state index is 0. The van der Waals surface area contributed by atoms with Crippen LogP contribution in [0.5, 0.6) is 0 Å². The predicted octanol–water partition coefficient (Wildman–Crippen LogP) is -1.13. The molecule has 36 valence electrons. The minimum absolute atomic E-state index is 0. The summed E-state index contributed by atoms with van der Waals surface area (Å²) >= 11 is 0. The Morgan fingerprint density at radius 2 is 0.833 bits per heavy atom. The molecule has 0 fully saturated rings. The van der Waals surface area contributed by atoms with Crippen LogP contribution in [-0.2, 0) is 0 Å². The molecule has 0 unspecified atom stereocenters. The van der Waals surface area contributed by atoms with Gasteiger partial charge in [0, 0.05) is 0 Å². The molecule has 0 aliphatic heterocycles. The van der Waals surface area contributed by atoms with Gasteiger partial charge in [0.05, 0.1) is 0 Å². The molecule has 0 spiro atoms. The zero-order valence-corrected chi connectivity index (χ0v) is 6.08. The zero-order chi connectivity index (χ0) is 0. The van der Waals surface area contributed by atoms with E-state index in [1.807, 2.05) is 0 Å². The van der Waals surface area contributed by atoms with Crippen LogP contribution in [0.3, 0.4) is 0 Å². The molecule has 0 aromatic carbocycles. The van der Waals surface area contributed by atoms with Crippen LogP contribution in [0.1, 0.15) is 0 Å². The van der Waals surface area contributed by atoms with Crippen molar-refractivity contribution in [2.24, 2.45) is 0 Å². The third-order valence-corrected chi connectivity index (χ3v) is 0. The average Bonchev–Trinajstić information content (AvgIpc) is 0.